The topological polar surface area (TPSA) is 44.3 Å². The Balaban J connectivity index is 1.58. The Morgan fingerprint density at radius 1 is 1.12 bits per heavy atom. The van der Waals surface area contributed by atoms with E-state index >= 15 is 0 Å². The molecule has 1 aromatic carbocycles. The summed E-state index contributed by atoms with van der Waals surface area (Å²) in [5.41, 5.74) is 0.754. The lowest BCUT2D eigenvalue weighted by molar-refractivity contribution is 0.388. The molecule has 0 spiro atoms. The number of anilines is 2. The van der Waals surface area contributed by atoms with Crippen molar-refractivity contribution < 1.29 is 0 Å². The van der Waals surface area contributed by atoms with Gasteiger partial charge in [0.05, 0.1) is 15.2 Å². The van der Waals surface area contributed by atoms with Crippen LogP contribution in [0.25, 0.3) is 0 Å². The van der Waals surface area contributed by atoms with Crippen LogP contribution in [-0.4, -0.2) is 46.2 Å². The summed E-state index contributed by atoms with van der Waals surface area (Å²) in [5.74, 6) is 0.734. The van der Waals surface area contributed by atoms with Crippen molar-refractivity contribution >= 4 is 68.1 Å². The van der Waals surface area contributed by atoms with Crippen molar-refractivity contribution in [3.8, 4) is 0 Å². The zero-order chi connectivity index (χ0) is 17.1. The average molecular weight is 447 g/mol. The molecule has 2 aromatic rings. The highest BCUT2D eigenvalue weighted by molar-refractivity contribution is 9.10. The molecule has 0 amide bonds. The molecule has 1 aromatic heterocycles. The zero-order valence-corrected chi connectivity index (χ0v) is 16.5. The second-order valence-corrected chi connectivity index (χ2v) is 7.38. The third-order valence-electron chi connectivity index (χ3n) is 3.63. The molecule has 1 aliphatic rings. The van der Waals surface area contributed by atoms with Crippen LogP contribution in [0.2, 0.25) is 10.0 Å². The highest BCUT2D eigenvalue weighted by Gasteiger charge is 2.21. The predicted molar refractivity (Wildman–Crippen MR) is 106 cm³/mol. The molecule has 5 nitrogen and oxygen atoms in total. The van der Waals surface area contributed by atoms with E-state index in [-0.39, 0.29) is 0 Å². The Kier molecular flexibility index (Phi) is 5.76. The minimum atomic E-state index is 0.548. The van der Waals surface area contributed by atoms with E-state index in [1.807, 2.05) is 6.07 Å². The van der Waals surface area contributed by atoms with Crippen LogP contribution in [0, 0.1) is 0 Å². The SMILES string of the molecule is S=C(Nc1ccc(Cl)cc1Cl)N1CCN(c2ncc(Br)cn2)CC1. The number of hydrogen-bond donors (Lipinski definition) is 1. The van der Waals surface area contributed by atoms with E-state index in [0.29, 0.717) is 15.2 Å². The Morgan fingerprint density at radius 2 is 1.79 bits per heavy atom. The van der Waals surface area contributed by atoms with Gasteiger partial charge in [0, 0.05) is 43.6 Å². The standard InChI is InChI=1S/C15H14BrCl2N5S/c16-10-8-19-14(20-9-10)22-3-5-23(6-4-22)15(24)21-13-2-1-11(17)7-12(13)18/h1-2,7-9H,3-6H2,(H,21,24). The van der Waals surface area contributed by atoms with Crippen molar-refractivity contribution in [2.75, 3.05) is 36.4 Å². The second-order valence-electron chi connectivity index (χ2n) is 5.23. The number of hydrogen-bond acceptors (Lipinski definition) is 4. The van der Waals surface area contributed by atoms with Gasteiger partial charge in [0.15, 0.2) is 5.11 Å². The highest BCUT2D eigenvalue weighted by atomic mass is 79.9. The average Bonchev–Trinajstić information content (AvgIpc) is 2.58. The van der Waals surface area contributed by atoms with Gasteiger partial charge < -0.3 is 15.1 Å². The molecule has 24 heavy (non-hydrogen) atoms. The predicted octanol–water partition coefficient (Wildman–Crippen LogP) is 4.06. The summed E-state index contributed by atoms with van der Waals surface area (Å²) in [6.07, 6.45) is 3.51. The van der Waals surface area contributed by atoms with Gasteiger partial charge in [0.25, 0.3) is 0 Å². The lowest BCUT2D eigenvalue weighted by atomic mass is 10.3. The molecule has 9 heteroatoms. The van der Waals surface area contributed by atoms with Crippen LogP contribution in [0.5, 0.6) is 0 Å². The van der Waals surface area contributed by atoms with Crippen molar-refractivity contribution in [3.63, 3.8) is 0 Å². The molecule has 1 aliphatic heterocycles. The second kappa shape index (κ2) is 7.82. The van der Waals surface area contributed by atoms with Crippen LogP contribution < -0.4 is 10.2 Å². The van der Waals surface area contributed by atoms with Crippen molar-refractivity contribution in [2.45, 2.75) is 0 Å². The summed E-state index contributed by atoms with van der Waals surface area (Å²) in [7, 11) is 0. The molecule has 126 valence electrons. The lowest BCUT2D eigenvalue weighted by Crippen LogP contribution is -2.50. The summed E-state index contributed by atoms with van der Waals surface area (Å²) in [4.78, 5) is 12.9. The largest absolute Gasteiger partial charge is 0.345 e. The van der Waals surface area contributed by atoms with Gasteiger partial charge in [-0.25, -0.2) is 9.97 Å². The fourth-order valence-corrected chi connectivity index (χ4v) is 3.32. The Morgan fingerprint density at radius 3 is 2.42 bits per heavy atom. The molecule has 0 radical (unpaired) electrons. The molecule has 1 fully saturated rings. The van der Waals surface area contributed by atoms with Gasteiger partial charge in [-0.3, -0.25) is 0 Å². The van der Waals surface area contributed by atoms with Crippen LogP contribution in [0.1, 0.15) is 0 Å². The number of benzene rings is 1. The minimum Gasteiger partial charge on any atom is -0.345 e. The Bertz CT molecular complexity index is 735. The van der Waals surface area contributed by atoms with E-state index in [9.17, 15) is 0 Å². The van der Waals surface area contributed by atoms with Gasteiger partial charge >= 0.3 is 0 Å². The normalized spacial score (nSPS) is 14.6. The number of aromatic nitrogens is 2. The first-order valence-corrected chi connectivity index (χ1v) is 9.22. The van der Waals surface area contributed by atoms with Crippen LogP contribution in [0.15, 0.2) is 35.1 Å². The first kappa shape index (κ1) is 17.7. The smallest absolute Gasteiger partial charge is 0.225 e. The maximum atomic E-state index is 6.17. The quantitative estimate of drug-likeness (QED) is 0.701. The molecular formula is C15H14BrCl2N5S. The molecule has 0 atom stereocenters. The first-order valence-electron chi connectivity index (χ1n) is 7.26. The van der Waals surface area contributed by atoms with E-state index in [0.717, 1.165) is 42.3 Å². The Hall–Kier alpha value is -1.15. The number of nitrogens with one attached hydrogen (secondary N) is 1. The van der Waals surface area contributed by atoms with Crippen LogP contribution >= 0.6 is 51.3 Å². The van der Waals surface area contributed by atoms with Crippen molar-refractivity contribution in [1.29, 1.82) is 0 Å². The molecule has 3 rings (SSSR count). The minimum absolute atomic E-state index is 0.548. The molecule has 2 heterocycles. The van der Waals surface area contributed by atoms with Crippen LogP contribution in [-0.2, 0) is 0 Å². The van der Waals surface area contributed by atoms with Gasteiger partial charge in [-0.1, -0.05) is 23.2 Å². The van der Waals surface area contributed by atoms with Crippen molar-refractivity contribution in [3.05, 3.63) is 45.1 Å². The monoisotopic (exact) mass is 445 g/mol. The number of halogens is 3. The van der Waals surface area contributed by atoms with Gasteiger partial charge in [0.1, 0.15) is 0 Å². The van der Waals surface area contributed by atoms with Gasteiger partial charge in [-0.05, 0) is 46.3 Å². The maximum Gasteiger partial charge on any atom is 0.225 e. The van der Waals surface area contributed by atoms with Gasteiger partial charge in [0.2, 0.25) is 5.95 Å². The number of thiocarbonyl (C=S) groups is 1. The third kappa shape index (κ3) is 4.27. The van der Waals surface area contributed by atoms with Gasteiger partial charge in [-0.2, -0.15) is 0 Å². The van der Waals surface area contributed by atoms with Crippen molar-refractivity contribution in [2.24, 2.45) is 0 Å². The molecule has 1 saturated heterocycles. The van der Waals surface area contributed by atoms with E-state index in [2.05, 4.69) is 41.0 Å². The fourth-order valence-electron chi connectivity index (χ4n) is 2.36. The fraction of sp³-hybridized carbons (Fsp3) is 0.267. The summed E-state index contributed by atoms with van der Waals surface area (Å²) >= 11 is 20.9. The third-order valence-corrected chi connectivity index (χ3v) is 4.95. The molecule has 0 unspecified atom stereocenters. The summed E-state index contributed by atoms with van der Waals surface area (Å²) in [6.45, 7) is 3.18. The number of piperazine rings is 1. The lowest BCUT2D eigenvalue weighted by Gasteiger charge is -2.36. The molecule has 0 aliphatic carbocycles. The number of rotatable bonds is 2. The number of nitrogens with zero attached hydrogens (tertiary/aromatic N) is 4. The summed E-state index contributed by atoms with van der Waals surface area (Å²) in [5, 5.41) is 4.97. The van der Waals surface area contributed by atoms with Crippen LogP contribution in [0.4, 0.5) is 11.6 Å². The van der Waals surface area contributed by atoms with E-state index in [1.54, 1.807) is 24.5 Å². The molecule has 0 saturated carbocycles. The zero-order valence-electron chi connectivity index (χ0n) is 12.5. The maximum absolute atomic E-state index is 6.17. The van der Waals surface area contributed by atoms with Crippen LogP contribution in [0.3, 0.4) is 0 Å². The van der Waals surface area contributed by atoms with E-state index < -0.39 is 0 Å². The molecule has 1 N–H and O–H groups in total. The Labute approximate surface area is 164 Å². The summed E-state index contributed by atoms with van der Waals surface area (Å²) in [6, 6.07) is 5.29. The summed E-state index contributed by atoms with van der Waals surface area (Å²) < 4.78 is 0.870. The van der Waals surface area contributed by atoms with Gasteiger partial charge in [-0.15, -0.1) is 0 Å². The van der Waals surface area contributed by atoms with E-state index in [4.69, 9.17) is 35.4 Å². The van der Waals surface area contributed by atoms with Crippen molar-refractivity contribution in [1.82, 2.24) is 14.9 Å². The highest BCUT2D eigenvalue weighted by Crippen LogP contribution is 2.25. The van der Waals surface area contributed by atoms with E-state index in [1.165, 1.54) is 0 Å². The molecular weight excluding hydrogens is 433 g/mol. The first-order chi connectivity index (χ1) is 11.5. The molecule has 0 bridgehead atoms.